The Morgan fingerprint density at radius 1 is 0.729 bits per heavy atom. The predicted molar refractivity (Wildman–Crippen MR) is 195 cm³/mol. The molecule has 0 unspecified atom stereocenters. The standard InChI is InChI=1S/C16H28N2O4.C14H23NO4.C2H7NO.CH3I.ClH/c1-14(2,3)22-13(20)17-16-9-6-15(7-10-16,8-11-16)12(19)18(4)21-5;1-12(2,3)19-11(18)15-14-7-4-13(5-8-14,6-9-14)10(16)17;1-3-4-2;1-2;/h6-11H2,1-5H3,(H,17,20);4-9H2,1-3H3,(H,15,18)(H,16,17);3H,1-2H3;1H3;1H/i;;;1D;. The Labute approximate surface area is 308 Å². The minimum Gasteiger partial charge on any atom is -0.481 e. The second-order valence-electron chi connectivity index (χ2n) is 15.1. The molecule has 0 aliphatic heterocycles. The molecule has 48 heavy (non-hydrogen) atoms. The third-order valence-electron chi connectivity index (χ3n) is 9.70. The highest BCUT2D eigenvalue weighted by atomic mass is 127. The summed E-state index contributed by atoms with van der Waals surface area (Å²) in [7, 11) is 6.45. The molecule has 0 heterocycles. The number of ether oxygens (including phenoxy) is 2. The summed E-state index contributed by atoms with van der Waals surface area (Å²) >= 11 is 1.96. The molecule has 15 heteroatoms. The summed E-state index contributed by atoms with van der Waals surface area (Å²) in [6, 6.07) is 0. The lowest BCUT2D eigenvalue weighted by atomic mass is 9.57. The first kappa shape index (κ1) is 44.4. The van der Waals surface area contributed by atoms with E-state index in [1.54, 1.807) is 21.2 Å². The van der Waals surface area contributed by atoms with Gasteiger partial charge >= 0.3 is 18.2 Å². The Bertz CT molecular complexity index is 1040. The minimum absolute atomic E-state index is 0. The Morgan fingerprint density at radius 2 is 1.02 bits per heavy atom. The summed E-state index contributed by atoms with van der Waals surface area (Å²) in [6.45, 7) is 11.1. The molecule has 6 aliphatic carbocycles. The van der Waals surface area contributed by atoms with E-state index in [2.05, 4.69) is 21.0 Å². The Hall–Kier alpha value is -1.62. The molecule has 0 saturated heterocycles. The number of fused-ring (bicyclic) bond motifs is 6. The van der Waals surface area contributed by atoms with Crippen molar-refractivity contribution in [3.05, 3.63) is 0 Å². The van der Waals surface area contributed by atoms with E-state index >= 15 is 0 Å². The van der Waals surface area contributed by atoms with Crippen molar-refractivity contribution in [2.45, 2.75) is 141 Å². The smallest absolute Gasteiger partial charge is 0.408 e. The number of carboxylic acids is 1. The number of carbonyl (C=O) groups is 4. The van der Waals surface area contributed by atoms with Gasteiger partial charge in [0.2, 0.25) is 0 Å². The van der Waals surface area contributed by atoms with Crippen LogP contribution in [0.2, 0.25) is 0 Å². The maximum atomic E-state index is 12.5. The van der Waals surface area contributed by atoms with E-state index in [-0.39, 0.29) is 40.9 Å². The highest BCUT2D eigenvalue weighted by Crippen LogP contribution is 2.54. The SMILES string of the molecule is CC(C)(C)OC(=O)NC12CCC(C(=O)O)(CC1)CC2.CNOC.CON(C)C(=O)C12CCC(NC(=O)OC(C)(C)C)(CC1)CC2.Cl.[2H]CI. The normalized spacial score (nSPS) is 28.5. The van der Waals surface area contributed by atoms with Gasteiger partial charge in [0.25, 0.3) is 5.91 Å². The van der Waals surface area contributed by atoms with Crippen molar-refractivity contribution in [3.63, 3.8) is 0 Å². The summed E-state index contributed by atoms with van der Waals surface area (Å²) in [6.07, 6.45) is 8.21. The molecule has 0 spiro atoms. The lowest BCUT2D eigenvalue weighted by Gasteiger charge is -2.53. The zero-order chi connectivity index (χ0) is 37.0. The van der Waals surface area contributed by atoms with Gasteiger partial charge in [-0.15, -0.1) is 12.4 Å². The quantitative estimate of drug-likeness (QED) is 0.131. The molecule has 4 N–H and O–H groups in total. The fourth-order valence-corrected chi connectivity index (χ4v) is 6.85. The monoisotopic (exact) mass is 821 g/mol. The first-order valence-electron chi connectivity index (χ1n) is 16.9. The number of carboxylic acid groups (broad SMARTS) is 1. The third-order valence-corrected chi connectivity index (χ3v) is 9.70. The van der Waals surface area contributed by atoms with Crippen LogP contribution < -0.4 is 16.1 Å². The number of alkyl halides is 1. The van der Waals surface area contributed by atoms with Crippen LogP contribution in [0.15, 0.2) is 0 Å². The fraction of sp³-hybridized carbons (Fsp3) is 0.879. The molecular weight excluding hydrogens is 759 g/mol. The fourth-order valence-electron chi connectivity index (χ4n) is 6.85. The summed E-state index contributed by atoms with van der Waals surface area (Å²) in [5.74, 6) is -0.626. The second-order valence-corrected chi connectivity index (χ2v) is 15.1. The van der Waals surface area contributed by atoms with Crippen LogP contribution in [0, 0.1) is 10.8 Å². The van der Waals surface area contributed by atoms with Crippen molar-refractivity contribution in [3.8, 4) is 0 Å². The second kappa shape index (κ2) is 19.1. The van der Waals surface area contributed by atoms with E-state index in [1.807, 2.05) is 64.1 Å². The van der Waals surface area contributed by atoms with E-state index in [9.17, 15) is 24.3 Å². The van der Waals surface area contributed by atoms with Crippen LogP contribution in [0.1, 0.15) is 120 Å². The van der Waals surface area contributed by atoms with Crippen molar-refractivity contribution < 1.29 is 44.8 Å². The van der Waals surface area contributed by atoms with Crippen molar-refractivity contribution in [1.29, 1.82) is 0 Å². The highest BCUT2D eigenvalue weighted by molar-refractivity contribution is 14.1. The summed E-state index contributed by atoms with van der Waals surface area (Å²) in [4.78, 5) is 57.6. The van der Waals surface area contributed by atoms with Crippen LogP contribution in [-0.2, 0) is 28.7 Å². The molecule has 13 nitrogen and oxygen atoms in total. The van der Waals surface area contributed by atoms with Gasteiger partial charge in [-0.3, -0.25) is 14.4 Å². The van der Waals surface area contributed by atoms with Crippen LogP contribution in [-0.4, -0.2) is 89.7 Å². The first-order valence-corrected chi connectivity index (χ1v) is 17.8. The van der Waals surface area contributed by atoms with E-state index in [0.29, 0.717) is 24.2 Å². The molecule has 6 saturated carbocycles. The van der Waals surface area contributed by atoms with Crippen LogP contribution in [0.25, 0.3) is 0 Å². The van der Waals surface area contributed by atoms with Crippen LogP contribution in [0.3, 0.4) is 0 Å². The molecular formula is C33H62ClIN4O9. The van der Waals surface area contributed by atoms with Crippen LogP contribution in [0.5, 0.6) is 0 Å². The lowest BCUT2D eigenvalue weighted by Crippen LogP contribution is -2.60. The molecule has 0 aromatic carbocycles. The predicted octanol–water partition coefficient (Wildman–Crippen LogP) is 6.55. The first-order chi connectivity index (χ1) is 22.1. The average Bonchev–Trinajstić information content (AvgIpc) is 3.00. The van der Waals surface area contributed by atoms with E-state index in [0.717, 1.165) is 57.8 Å². The van der Waals surface area contributed by atoms with Gasteiger partial charge in [-0.1, -0.05) is 22.6 Å². The number of nitrogens with one attached hydrogen (secondary N) is 3. The topological polar surface area (TPSA) is 165 Å². The van der Waals surface area contributed by atoms with Gasteiger partial charge in [0.15, 0.2) is 0 Å². The van der Waals surface area contributed by atoms with Gasteiger partial charge in [-0.25, -0.2) is 20.1 Å². The highest BCUT2D eigenvalue weighted by Gasteiger charge is 2.55. The zero-order valence-electron chi connectivity index (χ0n) is 31.6. The van der Waals surface area contributed by atoms with E-state index in [4.69, 9.17) is 15.7 Å². The maximum Gasteiger partial charge on any atom is 0.408 e. The number of rotatable bonds is 6. The number of halogens is 2. The molecule has 282 valence electrons. The van der Waals surface area contributed by atoms with Gasteiger partial charge in [0, 0.05) is 26.5 Å². The molecule has 4 bridgehead atoms. The van der Waals surface area contributed by atoms with Gasteiger partial charge in [-0.2, -0.15) is 0 Å². The molecule has 6 rings (SSSR count). The Kier molecular flexibility index (Phi) is 17.7. The summed E-state index contributed by atoms with van der Waals surface area (Å²) < 4.78 is 16.9. The van der Waals surface area contributed by atoms with E-state index in [1.165, 1.54) is 12.2 Å². The van der Waals surface area contributed by atoms with Gasteiger partial charge in [0.1, 0.15) is 11.2 Å². The molecule has 0 atom stereocenters. The number of hydroxylamine groups is 3. The number of nitrogens with zero attached hydrogens (tertiary/aromatic N) is 1. The molecule has 0 radical (unpaired) electrons. The van der Waals surface area contributed by atoms with Crippen molar-refractivity contribution in [2.75, 3.05) is 33.2 Å². The molecule has 0 aromatic heterocycles. The zero-order valence-corrected chi connectivity index (χ0v) is 33.6. The largest absolute Gasteiger partial charge is 0.481 e. The van der Waals surface area contributed by atoms with Gasteiger partial charge in [-0.05, 0) is 123 Å². The van der Waals surface area contributed by atoms with Crippen molar-refractivity contribution in [1.82, 2.24) is 21.2 Å². The van der Waals surface area contributed by atoms with Crippen LogP contribution >= 0.6 is 35.0 Å². The van der Waals surface area contributed by atoms with Crippen LogP contribution in [0.4, 0.5) is 9.59 Å². The molecule has 6 fully saturated rings. The average molecular weight is 822 g/mol. The van der Waals surface area contributed by atoms with E-state index < -0.39 is 28.7 Å². The van der Waals surface area contributed by atoms with Crippen molar-refractivity contribution in [2.24, 2.45) is 10.8 Å². The van der Waals surface area contributed by atoms with Gasteiger partial charge < -0.3 is 30.1 Å². The number of hydrogen-bond donors (Lipinski definition) is 4. The third kappa shape index (κ3) is 13.3. The Balaban J connectivity index is 0.000000782. The summed E-state index contributed by atoms with van der Waals surface area (Å²) in [5.41, 5.74) is 0.106. The number of hydrogen-bond acceptors (Lipinski definition) is 9. The molecule has 3 amide bonds. The van der Waals surface area contributed by atoms with Gasteiger partial charge in [0.05, 0.1) is 25.0 Å². The summed E-state index contributed by atoms with van der Waals surface area (Å²) in [5, 5.41) is 16.7. The number of carbonyl (C=O) groups excluding carboxylic acids is 3. The maximum absolute atomic E-state index is 12.5. The van der Waals surface area contributed by atoms with Crippen molar-refractivity contribution >= 4 is 59.1 Å². The number of amides is 3. The number of aliphatic carboxylic acids is 1. The Morgan fingerprint density at radius 3 is 1.25 bits per heavy atom. The lowest BCUT2D eigenvalue weighted by molar-refractivity contribution is -0.187. The minimum atomic E-state index is -0.682. The molecule has 0 aromatic rings. The molecule has 6 aliphatic rings. The number of alkyl carbamates (subject to hydrolysis) is 2.